The lowest BCUT2D eigenvalue weighted by Crippen LogP contribution is -2.25. The van der Waals surface area contributed by atoms with Crippen LogP contribution in [0.4, 0.5) is 0 Å². The van der Waals surface area contributed by atoms with E-state index in [-0.39, 0.29) is 5.92 Å². The van der Waals surface area contributed by atoms with Crippen molar-refractivity contribution >= 4 is 11.4 Å². The lowest BCUT2D eigenvalue weighted by Gasteiger charge is -2.24. The summed E-state index contributed by atoms with van der Waals surface area (Å²) in [6.07, 6.45) is 7.49. The fraction of sp³-hybridized carbons (Fsp3) is 0.333. The van der Waals surface area contributed by atoms with E-state index in [9.17, 15) is 4.79 Å². The Kier molecular flexibility index (Phi) is 2.81. The van der Waals surface area contributed by atoms with Gasteiger partial charge in [0, 0.05) is 36.3 Å². The molecule has 3 heteroatoms. The van der Waals surface area contributed by atoms with Crippen molar-refractivity contribution in [3.8, 4) is 0 Å². The average Bonchev–Trinajstić information content (AvgIpc) is 3.10. The SMILES string of the molecule is CC1C2=C(C(=O)C(Cn3ccnc3)CC2)c2ccccc21. The van der Waals surface area contributed by atoms with Crippen molar-refractivity contribution in [2.24, 2.45) is 5.92 Å². The maximum absolute atomic E-state index is 12.9. The molecule has 0 bridgehead atoms. The van der Waals surface area contributed by atoms with Gasteiger partial charge in [-0.3, -0.25) is 4.79 Å². The molecule has 0 aliphatic heterocycles. The van der Waals surface area contributed by atoms with E-state index in [1.165, 1.54) is 16.7 Å². The summed E-state index contributed by atoms with van der Waals surface area (Å²) in [4.78, 5) is 17.0. The summed E-state index contributed by atoms with van der Waals surface area (Å²) in [5.74, 6) is 0.799. The minimum absolute atomic E-state index is 0.0799. The van der Waals surface area contributed by atoms with Crippen LogP contribution >= 0.6 is 0 Å². The smallest absolute Gasteiger partial charge is 0.168 e. The summed E-state index contributed by atoms with van der Waals surface area (Å²) in [6, 6.07) is 8.37. The van der Waals surface area contributed by atoms with E-state index in [0.717, 1.165) is 25.0 Å². The number of ketones is 1. The van der Waals surface area contributed by atoms with Gasteiger partial charge in [0.05, 0.1) is 6.33 Å². The van der Waals surface area contributed by atoms with Gasteiger partial charge in [0.25, 0.3) is 0 Å². The second kappa shape index (κ2) is 4.69. The molecule has 0 radical (unpaired) electrons. The van der Waals surface area contributed by atoms with Crippen LogP contribution in [0.3, 0.4) is 0 Å². The first kappa shape index (κ1) is 12.6. The van der Waals surface area contributed by atoms with Gasteiger partial charge in [0.15, 0.2) is 5.78 Å². The quantitative estimate of drug-likeness (QED) is 0.843. The summed E-state index contributed by atoms with van der Waals surface area (Å²) in [5, 5.41) is 0. The molecule has 0 amide bonds. The molecule has 3 nitrogen and oxygen atoms in total. The largest absolute Gasteiger partial charge is 0.337 e. The number of rotatable bonds is 2. The number of nitrogens with zero attached hydrogens (tertiary/aromatic N) is 2. The topological polar surface area (TPSA) is 34.9 Å². The molecule has 1 heterocycles. The van der Waals surface area contributed by atoms with Crippen LogP contribution in [-0.2, 0) is 11.3 Å². The van der Waals surface area contributed by atoms with Crippen LogP contribution in [0.1, 0.15) is 36.8 Å². The minimum atomic E-state index is 0.0799. The molecule has 2 atom stereocenters. The van der Waals surface area contributed by atoms with Gasteiger partial charge in [-0.1, -0.05) is 36.8 Å². The van der Waals surface area contributed by atoms with Crippen LogP contribution < -0.4 is 0 Å². The van der Waals surface area contributed by atoms with E-state index in [2.05, 4.69) is 30.1 Å². The Hall–Kier alpha value is -2.16. The molecule has 0 spiro atoms. The van der Waals surface area contributed by atoms with E-state index in [1.807, 2.05) is 16.8 Å². The predicted octanol–water partition coefficient (Wildman–Crippen LogP) is 3.43. The van der Waals surface area contributed by atoms with Crippen LogP contribution in [0.5, 0.6) is 0 Å². The van der Waals surface area contributed by atoms with Crippen molar-refractivity contribution in [1.29, 1.82) is 0 Å². The van der Waals surface area contributed by atoms with Crippen molar-refractivity contribution < 1.29 is 4.79 Å². The molecule has 2 aliphatic carbocycles. The Balaban J connectivity index is 1.70. The van der Waals surface area contributed by atoms with Crippen LogP contribution in [-0.4, -0.2) is 15.3 Å². The van der Waals surface area contributed by atoms with Gasteiger partial charge in [-0.2, -0.15) is 0 Å². The molecule has 1 aromatic heterocycles. The average molecular weight is 278 g/mol. The molecule has 106 valence electrons. The third kappa shape index (κ3) is 1.88. The van der Waals surface area contributed by atoms with Crippen molar-refractivity contribution in [3.63, 3.8) is 0 Å². The number of imidazole rings is 1. The summed E-state index contributed by atoms with van der Waals surface area (Å²) >= 11 is 0. The van der Waals surface area contributed by atoms with Crippen LogP contribution in [0.15, 0.2) is 48.6 Å². The molecule has 21 heavy (non-hydrogen) atoms. The van der Waals surface area contributed by atoms with Gasteiger partial charge < -0.3 is 4.57 Å². The lowest BCUT2D eigenvalue weighted by atomic mass is 9.81. The molecule has 0 saturated heterocycles. The van der Waals surface area contributed by atoms with Crippen LogP contribution in [0, 0.1) is 5.92 Å². The molecule has 0 N–H and O–H groups in total. The first-order chi connectivity index (χ1) is 10.3. The van der Waals surface area contributed by atoms with E-state index in [0.29, 0.717) is 11.7 Å². The number of hydrogen-bond acceptors (Lipinski definition) is 2. The molecule has 2 unspecified atom stereocenters. The third-order valence-corrected chi connectivity index (χ3v) is 4.91. The fourth-order valence-electron chi connectivity index (χ4n) is 3.80. The minimum Gasteiger partial charge on any atom is -0.337 e. The number of aromatic nitrogens is 2. The number of fused-ring (bicyclic) bond motifs is 2. The molecule has 1 aromatic carbocycles. The molecule has 2 aliphatic rings. The van der Waals surface area contributed by atoms with Gasteiger partial charge in [-0.05, 0) is 24.0 Å². The van der Waals surface area contributed by atoms with E-state index < -0.39 is 0 Å². The summed E-state index contributed by atoms with van der Waals surface area (Å²) in [6.45, 7) is 2.97. The highest BCUT2D eigenvalue weighted by molar-refractivity contribution is 6.25. The molecule has 2 aromatic rings. The summed E-state index contributed by atoms with van der Waals surface area (Å²) in [7, 11) is 0. The van der Waals surface area contributed by atoms with Crippen molar-refractivity contribution in [2.45, 2.75) is 32.2 Å². The molecular weight excluding hydrogens is 260 g/mol. The number of allylic oxidation sites excluding steroid dienone is 2. The Morgan fingerprint density at radius 2 is 2.19 bits per heavy atom. The van der Waals surface area contributed by atoms with Crippen molar-refractivity contribution in [1.82, 2.24) is 9.55 Å². The second-order valence-electron chi connectivity index (χ2n) is 6.07. The number of carbonyl (C=O) groups is 1. The first-order valence-corrected chi connectivity index (χ1v) is 7.58. The highest BCUT2D eigenvalue weighted by atomic mass is 16.1. The van der Waals surface area contributed by atoms with Crippen molar-refractivity contribution in [3.05, 3.63) is 59.7 Å². The Morgan fingerprint density at radius 3 is 3.00 bits per heavy atom. The third-order valence-electron chi connectivity index (χ3n) is 4.91. The summed E-state index contributed by atoms with van der Waals surface area (Å²) in [5.41, 5.74) is 4.84. The van der Waals surface area contributed by atoms with Gasteiger partial charge in [0.2, 0.25) is 0 Å². The van der Waals surface area contributed by atoms with Crippen LogP contribution in [0.2, 0.25) is 0 Å². The molecule has 0 fully saturated rings. The standard InChI is InChI=1S/C18H18N2O/c1-12-14-4-2-3-5-16(14)17-15(12)7-6-13(18(17)21)10-20-9-8-19-11-20/h2-5,8-9,11-13H,6-7,10H2,1H3. The Labute approximate surface area is 124 Å². The van der Waals surface area contributed by atoms with Crippen LogP contribution in [0.25, 0.3) is 5.57 Å². The van der Waals surface area contributed by atoms with E-state index in [4.69, 9.17) is 0 Å². The maximum atomic E-state index is 12.9. The second-order valence-corrected chi connectivity index (χ2v) is 6.07. The fourth-order valence-corrected chi connectivity index (χ4v) is 3.80. The molecular formula is C18H18N2O. The zero-order valence-corrected chi connectivity index (χ0v) is 12.1. The summed E-state index contributed by atoms with van der Waals surface area (Å²) < 4.78 is 2.01. The van der Waals surface area contributed by atoms with Gasteiger partial charge in [-0.25, -0.2) is 4.98 Å². The monoisotopic (exact) mass is 278 g/mol. The van der Waals surface area contributed by atoms with E-state index in [1.54, 1.807) is 12.5 Å². The number of benzene rings is 1. The number of hydrogen-bond donors (Lipinski definition) is 0. The van der Waals surface area contributed by atoms with Gasteiger partial charge in [-0.15, -0.1) is 0 Å². The zero-order valence-electron chi connectivity index (χ0n) is 12.1. The lowest BCUT2D eigenvalue weighted by molar-refractivity contribution is -0.118. The van der Waals surface area contributed by atoms with Gasteiger partial charge >= 0.3 is 0 Å². The first-order valence-electron chi connectivity index (χ1n) is 7.58. The van der Waals surface area contributed by atoms with Gasteiger partial charge in [0.1, 0.15) is 0 Å². The zero-order chi connectivity index (χ0) is 14.4. The Morgan fingerprint density at radius 1 is 1.33 bits per heavy atom. The molecule has 4 rings (SSSR count). The highest BCUT2D eigenvalue weighted by Crippen LogP contribution is 2.48. The normalized spacial score (nSPS) is 24.1. The highest BCUT2D eigenvalue weighted by Gasteiger charge is 2.38. The van der Waals surface area contributed by atoms with Crippen molar-refractivity contribution in [2.75, 3.05) is 0 Å². The number of carbonyl (C=O) groups excluding carboxylic acids is 1. The number of Topliss-reactive ketones (excluding diaryl/α,β-unsaturated/α-hetero) is 1. The maximum Gasteiger partial charge on any atom is 0.168 e. The molecule has 0 saturated carbocycles. The van der Waals surface area contributed by atoms with E-state index >= 15 is 0 Å². The Bertz CT molecular complexity index is 727. The predicted molar refractivity (Wildman–Crippen MR) is 81.7 cm³/mol.